The Bertz CT molecular complexity index is 580. The van der Waals surface area contributed by atoms with Crippen LogP contribution < -0.4 is 5.32 Å². The molecule has 98 valence electrons. The summed E-state index contributed by atoms with van der Waals surface area (Å²) in [6.07, 6.45) is 0.380. The third-order valence-electron chi connectivity index (χ3n) is 3.07. The Morgan fingerprint density at radius 3 is 2.72 bits per heavy atom. The highest BCUT2D eigenvalue weighted by Crippen LogP contribution is 2.23. The van der Waals surface area contributed by atoms with E-state index in [2.05, 4.69) is 5.32 Å². The van der Waals surface area contributed by atoms with Crippen molar-refractivity contribution >= 4 is 21.4 Å². The molecular formula is C12H15NO4S. The molecule has 1 aromatic rings. The lowest BCUT2D eigenvalue weighted by Gasteiger charge is -2.11. The number of aromatic hydroxyl groups is 1. The summed E-state index contributed by atoms with van der Waals surface area (Å²) in [4.78, 5) is 11.9. The van der Waals surface area contributed by atoms with Gasteiger partial charge in [-0.15, -0.1) is 0 Å². The summed E-state index contributed by atoms with van der Waals surface area (Å²) in [6.45, 7) is 1.76. The number of carbonyl (C=O) groups excluding carboxylic acids is 1. The molecule has 1 aliphatic rings. The Morgan fingerprint density at radius 1 is 1.44 bits per heavy atom. The molecule has 0 bridgehead atoms. The van der Waals surface area contributed by atoms with Crippen LogP contribution in [-0.4, -0.2) is 30.9 Å². The lowest BCUT2D eigenvalue weighted by Crippen LogP contribution is -2.24. The molecule has 1 fully saturated rings. The quantitative estimate of drug-likeness (QED) is 0.787. The number of hydrogen-bond donors (Lipinski definition) is 2. The molecule has 18 heavy (non-hydrogen) atoms. The van der Waals surface area contributed by atoms with E-state index in [1.54, 1.807) is 19.1 Å². The van der Waals surface area contributed by atoms with Crippen molar-refractivity contribution in [2.24, 2.45) is 5.92 Å². The van der Waals surface area contributed by atoms with E-state index in [0.717, 1.165) is 5.56 Å². The molecule has 1 atom stereocenters. The van der Waals surface area contributed by atoms with Crippen molar-refractivity contribution in [3.05, 3.63) is 23.8 Å². The van der Waals surface area contributed by atoms with Crippen LogP contribution >= 0.6 is 0 Å². The number of sulfone groups is 1. The van der Waals surface area contributed by atoms with Gasteiger partial charge in [0.15, 0.2) is 9.84 Å². The van der Waals surface area contributed by atoms with E-state index < -0.39 is 15.8 Å². The van der Waals surface area contributed by atoms with Gasteiger partial charge in [-0.1, -0.05) is 0 Å². The van der Waals surface area contributed by atoms with E-state index in [-0.39, 0.29) is 23.2 Å². The molecule has 1 saturated heterocycles. The third-order valence-corrected chi connectivity index (χ3v) is 4.84. The van der Waals surface area contributed by atoms with Gasteiger partial charge in [0.1, 0.15) is 5.75 Å². The fraction of sp³-hybridized carbons (Fsp3) is 0.417. The van der Waals surface area contributed by atoms with E-state index >= 15 is 0 Å². The minimum Gasteiger partial charge on any atom is -0.508 e. The number of carbonyl (C=O) groups is 1. The van der Waals surface area contributed by atoms with Gasteiger partial charge in [-0.25, -0.2) is 8.42 Å². The highest BCUT2D eigenvalue weighted by Gasteiger charge is 2.33. The summed E-state index contributed by atoms with van der Waals surface area (Å²) in [6, 6.07) is 4.63. The molecule has 0 aromatic heterocycles. The summed E-state index contributed by atoms with van der Waals surface area (Å²) < 4.78 is 22.6. The Hall–Kier alpha value is -1.56. The zero-order chi connectivity index (χ0) is 13.3. The van der Waals surface area contributed by atoms with Crippen molar-refractivity contribution in [3.8, 4) is 5.75 Å². The second kappa shape index (κ2) is 4.61. The van der Waals surface area contributed by atoms with Crippen molar-refractivity contribution in [3.63, 3.8) is 0 Å². The molecule has 1 aromatic carbocycles. The Kier molecular flexibility index (Phi) is 3.30. The van der Waals surface area contributed by atoms with Crippen LogP contribution in [0.25, 0.3) is 0 Å². The summed E-state index contributed by atoms with van der Waals surface area (Å²) in [7, 11) is -3.05. The largest absolute Gasteiger partial charge is 0.508 e. The lowest BCUT2D eigenvalue weighted by atomic mass is 10.1. The molecule has 0 saturated carbocycles. The standard InChI is InChI=1S/C12H15NO4S/c1-8-6-10(14)2-3-11(8)13-12(15)9-4-5-18(16,17)7-9/h2-3,6,9,14H,4-5,7H2,1H3,(H,13,15). The minimum absolute atomic E-state index is 0.0734. The first-order chi connectivity index (χ1) is 8.37. The normalized spacial score (nSPS) is 21.7. The highest BCUT2D eigenvalue weighted by molar-refractivity contribution is 7.91. The number of anilines is 1. The molecule has 6 heteroatoms. The van der Waals surface area contributed by atoms with Crippen molar-refractivity contribution in [1.29, 1.82) is 0 Å². The lowest BCUT2D eigenvalue weighted by molar-refractivity contribution is -0.119. The number of amides is 1. The summed E-state index contributed by atoms with van der Waals surface area (Å²) in [5.74, 6) is -0.600. The number of phenolic OH excluding ortho intramolecular Hbond substituents is 1. The average Bonchev–Trinajstić information content (AvgIpc) is 2.63. The first-order valence-corrected chi connectivity index (χ1v) is 7.50. The summed E-state index contributed by atoms with van der Waals surface area (Å²) in [5.41, 5.74) is 1.34. The maximum absolute atomic E-state index is 11.9. The number of aryl methyl sites for hydroxylation is 1. The van der Waals surface area contributed by atoms with Gasteiger partial charge in [0.25, 0.3) is 0 Å². The van der Waals surface area contributed by atoms with Crippen molar-refractivity contribution in [2.75, 3.05) is 16.8 Å². The molecule has 0 radical (unpaired) electrons. The van der Waals surface area contributed by atoms with Crippen LogP contribution in [0.4, 0.5) is 5.69 Å². The molecule has 2 N–H and O–H groups in total. The van der Waals surface area contributed by atoms with Gasteiger partial charge in [-0.3, -0.25) is 4.79 Å². The second-order valence-corrected chi connectivity index (χ2v) is 6.82. The third kappa shape index (κ3) is 2.81. The van der Waals surface area contributed by atoms with Crippen LogP contribution in [-0.2, 0) is 14.6 Å². The number of benzene rings is 1. The summed E-state index contributed by atoms with van der Waals surface area (Å²) >= 11 is 0. The number of phenols is 1. The Balaban J connectivity index is 2.08. The maximum atomic E-state index is 11.9. The van der Waals surface area contributed by atoms with Gasteiger partial charge in [-0.05, 0) is 37.1 Å². The van der Waals surface area contributed by atoms with Crippen LogP contribution in [0, 0.1) is 12.8 Å². The SMILES string of the molecule is Cc1cc(O)ccc1NC(=O)C1CCS(=O)(=O)C1. The zero-order valence-electron chi connectivity index (χ0n) is 10.0. The van der Waals surface area contributed by atoms with Crippen molar-refractivity contribution in [1.82, 2.24) is 0 Å². The monoisotopic (exact) mass is 269 g/mol. The molecule has 1 unspecified atom stereocenters. The predicted octanol–water partition coefficient (Wildman–Crippen LogP) is 1.07. The van der Waals surface area contributed by atoms with Gasteiger partial charge >= 0.3 is 0 Å². The second-order valence-electron chi connectivity index (χ2n) is 4.59. The van der Waals surface area contributed by atoms with E-state index in [9.17, 15) is 18.3 Å². The van der Waals surface area contributed by atoms with Crippen LogP contribution in [0.3, 0.4) is 0 Å². The van der Waals surface area contributed by atoms with Gasteiger partial charge in [-0.2, -0.15) is 0 Å². The smallest absolute Gasteiger partial charge is 0.228 e. The highest BCUT2D eigenvalue weighted by atomic mass is 32.2. The number of hydrogen-bond acceptors (Lipinski definition) is 4. The fourth-order valence-electron chi connectivity index (χ4n) is 2.02. The molecule has 2 rings (SSSR count). The molecular weight excluding hydrogens is 254 g/mol. The van der Waals surface area contributed by atoms with Crippen LogP contribution in [0.15, 0.2) is 18.2 Å². The van der Waals surface area contributed by atoms with Gasteiger partial charge in [0.05, 0.1) is 17.4 Å². The molecule has 0 spiro atoms. The fourth-order valence-corrected chi connectivity index (χ4v) is 3.77. The van der Waals surface area contributed by atoms with Gasteiger partial charge < -0.3 is 10.4 Å². The molecule has 1 aliphatic heterocycles. The van der Waals surface area contributed by atoms with Gasteiger partial charge in [0, 0.05) is 5.69 Å². The van der Waals surface area contributed by atoms with E-state index in [1.165, 1.54) is 6.07 Å². The van der Waals surface area contributed by atoms with Crippen molar-refractivity contribution < 1.29 is 18.3 Å². The predicted molar refractivity (Wildman–Crippen MR) is 68.2 cm³/mol. The first kappa shape index (κ1) is 12.9. The molecule has 1 heterocycles. The zero-order valence-corrected chi connectivity index (χ0v) is 10.8. The summed E-state index contributed by atoms with van der Waals surface area (Å²) in [5, 5.41) is 12.0. The number of rotatable bonds is 2. The minimum atomic E-state index is -3.05. The van der Waals surface area contributed by atoms with Crippen LogP contribution in [0.5, 0.6) is 5.75 Å². The molecule has 0 aliphatic carbocycles. The van der Waals surface area contributed by atoms with E-state index in [4.69, 9.17) is 0 Å². The van der Waals surface area contributed by atoms with Crippen molar-refractivity contribution in [2.45, 2.75) is 13.3 Å². The molecule has 5 nitrogen and oxygen atoms in total. The first-order valence-electron chi connectivity index (χ1n) is 5.68. The molecule has 1 amide bonds. The maximum Gasteiger partial charge on any atom is 0.228 e. The van der Waals surface area contributed by atoms with Gasteiger partial charge in [0.2, 0.25) is 5.91 Å². The number of nitrogens with one attached hydrogen (secondary N) is 1. The average molecular weight is 269 g/mol. The van der Waals surface area contributed by atoms with E-state index in [1.807, 2.05) is 0 Å². The topological polar surface area (TPSA) is 83.5 Å². The van der Waals surface area contributed by atoms with Crippen LogP contribution in [0.1, 0.15) is 12.0 Å². The Labute approximate surface area is 106 Å². The van der Waals surface area contributed by atoms with Crippen LogP contribution in [0.2, 0.25) is 0 Å². The Morgan fingerprint density at radius 2 is 2.17 bits per heavy atom. The van der Waals surface area contributed by atoms with E-state index in [0.29, 0.717) is 12.1 Å².